The highest BCUT2D eigenvalue weighted by Crippen LogP contribution is 2.33. The molecule has 0 heterocycles. The molecule has 2 aromatic rings. The van der Waals surface area contributed by atoms with Crippen molar-refractivity contribution in [3.63, 3.8) is 0 Å². The predicted octanol–water partition coefficient (Wildman–Crippen LogP) is 3.68. The highest BCUT2D eigenvalue weighted by atomic mass is 35.5. The number of aliphatic hydroxyl groups excluding tert-OH is 2. The Kier molecular flexibility index (Phi) is 4.43. The van der Waals surface area contributed by atoms with Crippen molar-refractivity contribution in [3.8, 4) is 11.5 Å². The summed E-state index contributed by atoms with van der Waals surface area (Å²) in [7, 11) is 0. The van der Waals surface area contributed by atoms with E-state index in [1.54, 1.807) is 37.3 Å². The van der Waals surface area contributed by atoms with Crippen molar-refractivity contribution in [1.29, 1.82) is 0 Å². The molecule has 19 heavy (non-hydrogen) atoms. The Bertz CT molecular complexity index is 567. The lowest BCUT2D eigenvalue weighted by Crippen LogP contribution is -1.94. The fourth-order valence-corrected chi connectivity index (χ4v) is 1.94. The van der Waals surface area contributed by atoms with Crippen LogP contribution in [0.25, 0.3) is 0 Å². The zero-order valence-corrected chi connectivity index (χ0v) is 11.3. The van der Waals surface area contributed by atoms with Crippen molar-refractivity contribution in [3.05, 3.63) is 58.6 Å². The Morgan fingerprint density at radius 2 is 1.89 bits per heavy atom. The zero-order valence-electron chi connectivity index (χ0n) is 10.5. The quantitative estimate of drug-likeness (QED) is 0.897. The highest BCUT2D eigenvalue weighted by molar-refractivity contribution is 6.32. The van der Waals surface area contributed by atoms with Gasteiger partial charge in [0, 0.05) is 5.56 Å². The van der Waals surface area contributed by atoms with E-state index < -0.39 is 6.10 Å². The Hall–Kier alpha value is -1.55. The van der Waals surface area contributed by atoms with Crippen molar-refractivity contribution in [2.75, 3.05) is 0 Å². The first-order valence-corrected chi connectivity index (χ1v) is 6.33. The first-order valence-electron chi connectivity index (χ1n) is 5.96. The molecule has 2 N–H and O–H groups in total. The molecule has 1 atom stereocenters. The Morgan fingerprint density at radius 3 is 2.53 bits per heavy atom. The molecular formula is C15H15ClO3. The summed E-state index contributed by atoms with van der Waals surface area (Å²) in [5, 5.41) is 19.1. The van der Waals surface area contributed by atoms with Gasteiger partial charge in [-0.15, -0.1) is 0 Å². The molecule has 0 radical (unpaired) electrons. The molecule has 1 unspecified atom stereocenters. The summed E-state index contributed by atoms with van der Waals surface area (Å²) >= 11 is 6.12. The summed E-state index contributed by atoms with van der Waals surface area (Å²) in [5.41, 5.74) is 1.42. The van der Waals surface area contributed by atoms with Crippen LogP contribution in [0.5, 0.6) is 11.5 Å². The van der Waals surface area contributed by atoms with Gasteiger partial charge in [0.25, 0.3) is 0 Å². The first kappa shape index (κ1) is 13.9. The standard InChI is InChI=1S/C15H15ClO3/c1-10(18)11-6-7-15(13(16)8-11)19-14-5-3-2-4-12(14)9-17/h2-8,10,17-18H,9H2,1H3. The molecule has 4 heteroatoms. The van der Waals surface area contributed by atoms with Crippen molar-refractivity contribution in [2.45, 2.75) is 19.6 Å². The average Bonchev–Trinajstić information content (AvgIpc) is 2.41. The molecule has 100 valence electrons. The second-order valence-electron chi connectivity index (χ2n) is 4.23. The lowest BCUT2D eigenvalue weighted by atomic mass is 10.1. The molecule has 0 amide bonds. The van der Waals surface area contributed by atoms with E-state index in [-0.39, 0.29) is 6.61 Å². The topological polar surface area (TPSA) is 49.7 Å². The van der Waals surface area contributed by atoms with Gasteiger partial charge in [0.05, 0.1) is 17.7 Å². The summed E-state index contributed by atoms with van der Waals surface area (Å²) in [6.07, 6.45) is -0.573. The molecule has 0 aliphatic carbocycles. The third-order valence-electron chi connectivity index (χ3n) is 2.80. The maximum absolute atomic E-state index is 9.48. The number of ether oxygens (including phenoxy) is 1. The van der Waals surface area contributed by atoms with Crippen LogP contribution in [0.1, 0.15) is 24.2 Å². The Labute approximate surface area is 117 Å². The van der Waals surface area contributed by atoms with Gasteiger partial charge in [-0.3, -0.25) is 0 Å². The van der Waals surface area contributed by atoms with Crippen LogP contribution in [0.15, 0.2) is 42.5 Å². The minimum absolute atomic E-state index is 0.0977. The number of aliphatic hydroxyl groups is 2. The van der Waals surface area contributed by atoms with Crippen LogP contribution in [0, 0.1) is 0 Å². The maximum atomic E-state index is 9.48. The SMILES string of the molecule is CC(O)c1ccc(Oc2ccccc2CO)c(Cl)c1. The molecule has 0 spiro atoms. The average molecular weight is 279 g/mol. The molecule has 0 aliphatic heterocycles. The minimum atomic E-state index is -0.573. The maximum Gasteiger partial charge on any atom is 0.146 e. The second kappa shape index (κ2) is 6.06. The van der Waals surface area contributed by atoms with E-state index in [4.69, 9.17) is 16.3 Å². The van der Waals surface area contributed by atoms with Gasteiger partial charge in [0.15, 0.2) is 0 Å². The molecule has 0 aromatic heterocycles. The molecule has 0 saturated heterocycles. The van der Waals surface area contributed by atoms with E-state index in [2.05, 4.69) is 0 Å². The fourth-order valence-electron chi connectivity index (χ4n) is 1.71. The third kappa shape index (κ3) is 3.26. The Morgan fingerprint density at radius 1 is 1.16 bits per heavy atom. The largest absolute Gasteiger partial charge is 0.455 e. The van der Waals surface area contributed by atoms with Gasteiger partial charge in [0.2, 0.25) is 0 Å². The Balaban J connectivity index is 2.28. The van der Waals surface area contributed by atoms with Gasteiger partial charge in [-0.05, 0) is 30.7 Å². The second-order valence-corrected chi connectivity index (χ2v) is 4.64. The monoisotopic (exact) mass is 278 g/mol. The molecule has 0 bridgehead atoms. The molecule has 3 nitrogen and oxygen atoms in total. The van der Waals surface area contributed by atoms with Crippen LogP contribution in [-0.2, 0) is 6.61 Å². The summed E-state index contributed by atoms with van der Waals surface area (Å²) in [6, 6.07) is 12.3. The van der Waals surface area contributed by atoms with Gasteiger partial charge in [-0.2, -0.15) is 0 Å². The molecule has 2 aromatic carbocycles. The van der Waals surface area contributed by atoms with Gasteiger partial charge >= 0.3 is 0 Å². The summed E-state index contributed by atoms with van der Waals surface area (Å²) in [6.45, 7) is 1.58. The zero-order chi connectivity index (χ0) is 13.8. The number of halogens is 1. The molecule has 0 saturated carbocycles. The van der Waals surface area contributed by atoms with Crippen LogP contribution in [0.3, 0.4) is 0 Å². The van der Waals surface area contributed by atoms with Crippen LogP contribution < -0.4 is 4.74 Å². The molecule has 2 rings (SSSR count). The van der Waals surface area contributed by atoms with Crippen molar-refractivity contribution < 1.29 is 14.9 Å². The molecule has 0 fully saturated rings. The van der Waals surface area contributed by atoms with Crippen LogP contribution in [0.4, 0.5) is 0 Å². The number of hydrogen-bond donors (Lipinski definition) is 2. The minimum Gasteiger partial charge on any atom is -0.455 e. The number of hydrogen-bond acceptors (Lipinski definition) is 3. The van der Waals surface area contributed by atoms with E-state index in [9.17, 15) is 10.2 Å². The van der Waals surface area contributed by atoms with E-state index in [0.29, 0.717) is 22.1 Å². The van der Waals surface area contributed by atoms with Crippen LogP contribution in [0.2, 0.25) is 5.02 Å². The smallest absolute Gasteiger partial charge is 0.146 e. The van der Waals surface area contributed by atoms with Gasteiger partial charge in [-0.1, -0.05) is 35.9 Å². The fraction of sp³-hybridized carbons (Fsp3) is 0.200. The number of para-hydroxylation sites is 1. The third-order valence-corrected chi connectivity index (χ3v) is 3.10. The van der Waals surface area contributed by atoms with E-state index in [0.717, 1.165) is 5.56 Å². The van der Waals surface area contributed by atoms with Gasteiger partial charge < -0.3 is 14.9 Å². The normalized spacial score (nSPS) is 12.2. The lowest BCUT2D eigenvalue weighted by Gasteiger charge is -2.12. The van der Waals surface area contributed by atoms with Gasteiger partial charge in [-0.25, -0.2) is 0 Å². The van der Waals surface area contributed by atoms with Crippen molar-refractivity contribution >= 4 is 11.6 Å². The van der Waals surface area contributed by atoms with Crippen LogP contribution in [-0.4, -0.2) is 10.2 Å². The summed E-state index contributed by atoms with van der Waals surface area (Å²) in [5.74, 6) is 1.06. The number of benzene rings is 2. The first-order chi connectivity index (χ1) is 9.11. The predicted molar refractivity (Wildman–Crippen MR) is 74.5 cm³/mol. The lowest BCUT2D eigenvalue weighted by molar-refractivity contribution is 0.199. The molecule has 0 aliphatic rings. The van der Waals surface area contributed by atoms with Gasteiger partial charge in [0.1, 0.15) is 11.5 Å². The highest BCUT2D eigenvalue weighted by Gasteiger charge is 2.09. The number of rotatable bonds is 4. The van der Waals surface area contributed by atoms with Crippen LogP contribution >= 0.6 is 11.6 Å². The van der Waals surface area contributed by atoms with E-state index in [1.807, 2.05) is 12.1 Å². The molecular weight excluding hydrogens is 264 g/mol. The summed E-state index contributed by atoms with van der Waals surface area (Å²) in [4.78, 5) is 0. The van der Waals surface area contributed by atoms with Crippen molar-refractivity contribution in [1.82, 2.24) is 0 Å². The van der Waals surface area contributed by atoms with Crippen molar-refractivity contribution in [2.24, 2.45) is 0 Å². The summed E-state index contributed by atoms with van der Waals surface area (Å²) < 4.78 is 5.69. The van der Waals surface area contributed by atoms with E-state index >= 15 is 0 Å². The van der Waals surface area contributed by atoms with E-state index in [1.165, 1.54) is 0 Å².